The number of nitrogens with two attached hydrogens (primary N) is 1. The molecule has 0 bridgehead atoms. The summed E-state index contributed by atoms with van der Waals surface area (Å²) in [5.74, 6) is -1.05. The summed E-state index contributed by atoms with van der Waals surface area (Å²) >= 11 is 4.40. The summed E-state index contributed by atoms with van der Waals surface area (Å²) in [6, 6.07) is 2.40. The summed E-state index contributed by atoms with van der Waals surface area (Å²) in [7, 11) is 0. The maximum atomic E-state index is 13.1. The number of hydrogen-bond acceptors (Lipinski definition) is 2. The van der Waals surface area contributed by atoms with Crippen LogP contribution in [0.25, 0.3) is 0 Å². The minimum absolute atomic E-state index is 0. The number of nitrogen functional groups attached to an aromatic ring is 1. The Balaban J connectivity index is 0.00000169. The third-order valence-electron chi connectivity index (χ3n) is 1.40. The van der Waals surface area contributed by atoms with E-state index in [0.29, 0.717) is 11.1 Å². The van der Waals surface area contributed by atoms with Crippen LogP contribution in [-0.2, 0) is 0 Å². The lowest BCUT2D eigenvalue weighted by Crippen LogP contribution is -1.96. The highest BCUT2D eigenvalue weighted by Gasteiger charge is 2.11. The van der Waals surface area contributed by atoms with Gasteiger partial charge in [0.2, 0.25) is 0 Å². The average Bonchev–Trinajstić information content (AvgIpc) is 2.12. The smallest absolute Gasteiger partial charge is 0.174 e. The molecule has 0 aliphatic rings. The number of alkyl halides is 1. The second-order valence-electron chi connectivity index (χ2n) is 2.32. The van der Waals surface area contributed by atoms with E-state index in [4.69, 9.17) is 5.73 Å². The Morgan fingerprint density at radius 3 is 2.57 bits per heavy atom. The molecule has 2 N–H and O–H groups in total. The van der Waals surface area contributed by atoms with Crippen molar-refractivity contribution in [3.05, 3.63) is 23.8 Å². The molecule has 0 atom stereocenters. The van der Waals surface area contributed by atoms with Crippen LogP contribution in [0.1, 0.15) is 0 Å². The van der Waals surface area contributed by atoms with E-state index >= 15 is 0 Å². The van der Waals surface area contributed by atoms with Crippen LogP contribution in [0.4, 0.5) is 14.5 Å². The summed E-state index contributed by atoms with van der Waals surface area (Å²) in [4.78, 5) is 0.194. The number of benzene rings is 1. The van der Waals surface area contributed by atoms with Gasteiger partial charge in [-0.15, -0.1) is 28.7 Å². The third kappa shape index (κ3) is 3.40. The fourth-order valence-electron chi connectivity index (χ4n) is 0.834. The summed E-state index contributed by atoms with van der Waals surface area (Å²) in [5.41, 5.74) is 5.77. The monoisotopic (exact) mass is 347 g/mol. The Morgan fingerprint density at radius 2 is 2.00 bits per heavy atom. The maximum absolute atomic E-state index is 13.1. The van der Waals surface area contributed by atoms with E-state index in [0.717, 1.165) is 6.07 Å². The van der Waals surface area contributed by atoms with Gasteiger partial charge in [-0.3, -0.25) is 0 Å². The maximum Gasteiger partial charge on any atom is 0.174 e. The van der Waals surface area contributed by atoms with Crippen LogP contribution in [-0.4, -0.2) is 11.1 Å². The van der Waals surface area contributed by atoms with Crippen LogP contribution < -0.4 is 5.73 Å². The van der Waals surface area contributed by atoms with Crippen LogP contribution in [0, 0.1) is 11.6 Å². The molecule has 1 rings (SSSR count). The first-order valence-corrected chi connectivity index (χ1v) is 5.69. The van der Waals surface area contributed by atoms with Crippen molar-refractivity contribution in [3.63, 3.8) is 0 Å². The van der Waals surface area contributed by atoms with Crippen LogP contribution in [0.2, 0.25) is 0 Å². The second kappa shape index (κ2) is 6.63. The zero-order chi connectivity index (χ0) is 9.84. The molecule has 6 heteroatoms. The highest BCUT2D eigenvalue weighted by Crippen LogP contribution is 2.29. The molecule has 0 amide bonds. The Hall–Kier alpha value is 0.190. The molecule has 1 nitrogen and oxygen atoms in total. The first-order chi connectivity index (χ1) is 6.16. The Labute approximate surface area is 104 Å². The summed E-state index contributed by atoms with van der Waals surface area (Å²) in [6.07, 6.45) is 0. The molecular formula is C8H9Br2F2NS. The molecule has 14 heavy (non-hydrogen) atoms. The van der Waals surface area contributed by atoms with Gasteiger partial charge < -0.3 is 5.73 Å². The van der Waals surface area contributed by atoms with E-state index in [1.54, 1.807) is 0 Å². The van der Waals surface area contributed by atoms with Gasteiger partial charge in [0.25, 0.3) is 0 Å². The summed E-state index contributed by atoms with van der Waals surface area (Å²) in [6.45, 7) is 0. The lowest BCUT2D eigenvalue weighted by Gasteiger charge is -2.05. The highest BCUT2D eigenvalue weighted by molar-refractivity contribution is 9.09. The molecule has 0 aliphatic carbocycles. The summed E-state index contributed by atoms with van der Waals surface area (Å²) in [5, 5.41) is 0.715. The standard InChI is InChI=1S/C8H8BrF2NS.BrH/c9-3-4-13-8-6(12)2-1-5(10)7(8)11;/h1-2H,3-4,12H2;1H. The minimum Gasteiger partial charge on any atom is -0.398 e. The Kier molecular flexibility index (Phi) is 6.72. The molecule has 80 valence electrons. The van der Waals surface area contributed by atoms with Gasteiger partial charge in [-0.05, 0) is 12.1 Å². The normalized spacial score (nSPS) is 9.64. The van der Waals surface area contributed by atoms with E-state index < -0.39 is 11.6 Å². The van der Waals surface area contributed by atoms with Gasteiger partial charge >= 0.3 is 0 Å². The lowest BCUT2D eigenvalue weighted by atomic mass is 10.3. The van der Waals surface area contributed by atoms with Gasteiger partial charge in [-0.1, -0.05) is 15.9 Å². The van der Waals surface area contributed by atoms with Crippen LogP contribution in [0.3, 0.4) is 0 Å². The van der Waals surface area contributed by atoms with Gasteiger partial charge in [0.1, 0.15) is 0 Å². The molecule has 0 radical (unpaired) electrons. The van der Waals surface area contributed by atoms with E-state index in [1.165, 1.54) is 17.8 Å². The largest absolute Gasteiger partial charge is 0.398 e. The molecule has 1 aromatic carbocycles. The molecule has 0 heterocycles. The van der Waals surface area contributed by atoms with Gasteiger partial charge in [0.15, 0.2) is 11.6 Å². The van der Waals surface area contributed by atoms with E-state index in [-0.39, 0.29) is 27.6 Å². The molecule has 0 saturated heterocycles. The van der Waals surface area contributed by atoms with Crippen molar-refractivity contribution in [1.82, 2.24) is 0 Å². The number of thioether (sulfide) groups is 1. The number of halogens is 4. The van der Waals surface area contributed by atoms with E-state index in [1.807, 2.05) is 0 Å². The quantitative estimate of drug-likeness (QED) is 0.513. The molecule has 0 unspecified atom stereocenters. The molecule has 0 spiro atoms. The van der Waals surface area contributed by atoms with Crippen molar-refractivity contribution in [1.29, 1.82) is 0 Å². The van der Waals surface area contributed by atoms with Crippen LogP contribution in [0.5, 0.6) is 0 Å². The van der Waals surface area contributed by atoms with Gasteiger partial charge in [0.05, 0.1) is 4.90 Å². The zero-order valence-corrected chi connectivity index (χ0v) is 11.2. The molecule has 1 aromatic rings. The SMILES string of the molecule is Br.Nc1ccc(F)c(F)c1SCCBr. The van der Waals surface area contributed by atoms with Crippen LogP contribution >= 0.6 is 44.7 Å². The molecule has 0 fully saturated rings. The molecule has 0 saturated carbocycles. The third-order valence-corrected chi connectivity index (χ3v) is 3.44. The minimum atomic E-state index is -0.856. The predicted molar refractivity (Wildman–Crippen MR) is 65.6 cm³/mol. The van der Waals surface area contributed by atoms with Crippen LogP contribution in [0.15, 0.2) is 17.0 Å². The molecule has 0 aliphatic heterocycles. The average molecular weight is 349 g/mol. The van der Waals surface area contributed by atoms with E-state index in [2.05, 4.69) is 15.9 Å². The molecular weight excluding hydrogens is 340 g/mol. The van der Waals surface area contributed by atoms with Crippen molar-refractivity contribution in [3.8, 4) is 0 Å². The van der Waals surface area contributed by atoms with Gasteiger partial charge in [-0.25, -0.2) is 8.78 Å². The van der Waals surface area contributed by atoms with Gasteiger partial charge in [-0.2, -0.15) is 0 Å². The second-order valence-corrected chi connectivity index (χ2v) is 4.22. The van der Waals surface area contributed by atoms with Crippen molar-refractivity contribution in [2.45, 2.75) is 4.90 Å². The Bertz CT molecular complexity index is 310. The predicted octanol–water partition coefficient (Wildman–Crippen LogP) is 3.61. The lowest BCUT2D eigenvalue weighted by molar-refractivity contribution is 0.492. The fourth-order valence-corrected chi connectivity index (χ4v) is 2.06. The van der Waals surface area contributed by atoms with Crippen molar-refractivity contribution < 1.29 is 8.78 Å². The van der Waals surface area contributed by atoms with Gasteiger partial charge in [0, 0.05) is 16.8 Å². The van der Waals surface area contributed by atoms with Crippen molar-refractivity contribution in [2.75, 3.05) is 16.8 Å². The fraction of sp³-hybridized carbons (Fsp3) is 0.250. The molecule has 0 aromatic heterocycles. The highest BCUT2D eigenvalue weighted by atomic mass is 79.9. The number of hydrogen-bond donors (Lipinski definition) is 1. The zero-order valence-electron chi connectivity index (χ0n) is 7.10. The number of rotatable bonds is 3. The topological polar surface area (TPSA) is 26.0 Å². The van der Waals surface area contributed by atoms with Crippen molar-refractivity contribution >= 4 is 50.4 Å². The van der Waals surface area contributed by atoms with E-state index in [9.17, 15) is 8.78 Å². The number of anilines is 1. The first-order valence-electron chi connectivity index (χ1n) is 3.59. The first kappa shape index (κ1) is 14.2. The van der Waals surface area contributed by atoms with Crippen molar-refractivity contribution in [2.24, 2.45) is 0 Å². The Morgan fingerprint density at radius 1 is 1.36 bits per heavy atom. The summed E-state index contributed by atoms with van der Waals surface area (Å²) < 4.78 is 25.8.